The fourth-order valence-electron chi connectivity index (χ4n) is 3.86. The highest BCUT2D eigenvalue weighted by Gasteiger charge is 2.42. The van der Waals surface area contributed by atoms with Crippen molar-refractivity contribution in [3.05, 3.63) is 34.8 Å². The van der Waals surface area contributed by atoms with E-state index in [1.165, 1.54) is 25.4 Å². The molecular formula is C25H42O5. The molecule has 0 bridgehead atoms. The molecule has 5 nitrogen and oxygen atoms in total. The molecule has 0 aromatic carbocycles. The average Bonchev–Trinajstić information content (AvgIpc) is 2.70. The fraction of sp³-hybridized carbons (Fsp3) is 0.720. The number of aliphatic hydroxyl groups excluding tert-OH is 1. The van der Waals surface area contributed by atoms with Crippen LogP contribution in [0.15, 0.2) is 34.8 Å². The van der Waals surface area contributed by atoms with Crippen molar-refractivity contribution in [1.82, 2.24) is 0 Å². The van der Waals surface area contributed by atoms with Gasteiger partial charge in [0.2, 0.25) is 11.5 Å². The maximum absolute atomic E-state index is 12.5. The largest absolute Gasteiger partial charge is 0.494 e. The minimum atomic E-state index is -0.833. The monoisotopic (exact) mass is 422 g/mol. The topological polar surface area (TPSA) is 65.0 Å². The maximum atomic E-state index is 12.5. The summed E-state index contributed by atoms with van der Waals surface area (Å²) in [5.74, 6) is -0.235. The van der Waals surface area contributed by atoms with Crippen LogP contribution < -0.4 is 0 Å². The van der Waals surface area contributed by atoms with Gasteiger partial charge >= 0.3 is 0 Å². The molecule has 5 heteroatoms. The van der Waals surface area contributed by atoms with Gasteiger partial charge in [0.05, 0.1) is 19.8 Å². The van der Waals surface area contributed by atoms with E-state index in [2.05, 4.69) is 39.8 Å². The molecule has 0 amide bonds. The number of ketones is 1. The van der Waals surface area contributed by atoms with Crippen molar-refractivity contribution in [3.8, 4) is 0 Å². The third kappa shape index (κ3) is 7.59. The molecule has 0 aromatic rings. The number of carbonyl (C=O) groups excluding carboxylic acids is 1. The molecule has 0 heterocycles. The van der Waals surface area contributed by atoms with Crippen LogP contribution in [0.1, 0.15) is 73.1 Å². The zero-order valence-corrected chi connectivity index (χ0v) is 20.2. The first kappa shape index (κ1) is 26.4. The smallest absolute Gasteiger partial charge is 0.204 e. The SMILES string of the molecule is COC1=C(OC)[C@H](O)[C@@H](CC=C(C)CCC=C(C)CCCC(C)(C)OC)[C@H](C)C1=O. The van der Waals surface area contributed by atoms with E-state index in [1.54, 1.807) is 7.11 Å². The summed E-state index contributed by atoms with van der Waals surface area (Å²) in [4.78, 5) is 12.5. The number of ether oxygens (including phenoxy) is 3. The second-order valence-corrected chi connectivity index (χ2v) is 9.06. The number of carbonyl (C=O) groups is 1. The maximum Gasteiger partial charge on any atom is 0.204 e. The highest BCUT2D eigenvalue weighted by atomic mass is 16.5. The van der Waals surface area contributed by atoms with Crippen molar-refractivity contribution < 1.29 is 24.1 Å². The van der Waals surface area contributed by atoms with Crippen molar-refractivity contribution in [3.63, 3.8) is 0 Å². The molecule has 0 fully saturated rings. The van der Waals surface area contributed by atoms with Gasteiger partial charge in [0.25, 0.3) is 0 Å². The summed E-state index contributed by atoms with van der Waals surface area (Å²) in [6, 6.07) is 0. The lowest BCUT2D eigenvalue weighted by Gasteiger charge is -2.33. The Bertz CT molecular complexity index is 656. The van der Waals surface area contributed by atoms with Crippen LogP contribution in [0.3, 0.4) is 0 Å². The van der Waals surface area contributed by atoms with E-state index in [9.17, 15) is 9.90 Å². The Hall–Kier alpha value is -1.59. The quantitative estimate of drug-likeness (QED) is 0.430. The molecule has 1 N–H and O–H groups in total. The lowest BCUT2D eigenvalue weighted by atomic mass is 9.77. The van der Waals surface area contributed by atoms with Crippen LogP contribution in [0.25, 0.3) is 0 Å². The van der Waals surface area contributed by atoms with Gasteiger partial charge in [-0.05, 0) is 66.2 Å². The molecule has 0 saturated carbocycles. The summed E-state index contributed by atoms with van der Waals surface area (Å²) in [6.45, 7) is 10.4. The minimum absolute atomic E-state index is 0.0519. The Morgan fingerprint density at radius 2 is 1.70 bits per heavy atom. The third-order valence-electron chi connectivity index (χ3n) is 6.27. The number of methoxy groups -OCH3 is 3. The van der Waals surface area contributed by atoms with Gasteiger partial charge in [-0.2, -0.15) is 0 Å². The Morgan fingerprint density at radius 1 is 1.07 bits per heavy atom. The summed E-state index contributed by atoms with van der Waals surface area (Å²) < 4.78 is 15.9. The predicted molar refractivity (Wildman–Crippen MR) is 121 cm³/mol. The number of allylic oxidation sites excluding steroid dienone is 5. The second kappa shape index (κ2) is 12.3. The summed E-state index contributed by atoms with van der Waals surface area (Å²) in [5, 5.41) is 10.7. The molecule has 0 aromatic heterocycles. The molecule has 3 atom stereocenters. The molecular weight excluding hydrogens is 380 g/mol. The van der Waals surface area contributed by atoms with Crippen molar-refractivity contribution in [2.75, 3.05) is 21.3 Å². The highest BCUT2D eigenvalue weighted by molar-refractivity contribution is 5.97. The lowest BCUT2D eigenvalue weighted by Crippen LogP contribution is -2.40. The molecule has 0 saturated heterocycles. The van der Waals surface area contributed by atoms with Crippen molar-refractivity contribution in [2.45, 2.75) is 84.8 Å². The van der Waals surface area contributed by atoms with Gasteiger partial charge in [-0.25, -0.2) is 0 Å². The highest BCUT2D eigenvalue weighted by Crippen LogP contribution is 2.35. The zero-order valence-electron chi connectivity index (χ0n) is 20.2. The van der Waals surface area contributed by atoms with Gasteiger partial charge in [0.15, 0.2) is 5.76 Å². The van der Waals surface area contributed by atoms with E-state index in [1.807, 2.05) is 6.92 Å². The van der Waals surface area contributed by atoms with Crippen LogP contribution in [0.5, 0.6) is 0 Å². The Morgan fingerprint density at radius 3 is 2.27 bits per heavy atom. The van der Waals surface area contributed by atoms with Crippen molar-refractivity contribution >= 4 is 5.78 Å². The standard InChI is InChI=1S/C25H42O5/c1-17(13-10-16-25(4,5)30-8)11-9-12-18(2)14-15-20-19(3)21(26)23(28-6)24(29-7)22(20)27/h11,14,19-20,22,27H,9-10,12-13,15-16H2,1-8H3/t19-,20-,22+/m0/s1. The van der Waals surface area contributed by atoms with E-state index in [4.69, 9.17) is 14.2 Å². The molecule has 0 aliphatic heterocycles. The van der Waals surface area contributed by atoms with Gasteiger partial charge in [-0.15, -0.1) is 0 Å². The zero-order chi connectivity index (χ0) is 22.9. The van der Waals surface area contributed by atoms with E-state index >= 15 is 0 Å². The van der Waals surface area contributed by atoms with Crippen molar-refractivity contribution in [2.24, 2.45) is 11.8 Å². The minimum Gasteiger partial charge on any atom is -0.494 e. The lowest BCUT2D eigenvalue weighted by molar-refractivity contribution is -0.128. The van der Waals surface area contributed by atoms with Crippen LogP contribution in [0, 0.1) is 11.8 Å². The first-order chi connectivity index (χ1) is 14.1. The Kier molecular flexibility index (Phi) is 10.9. The molecule has 1 rings (SSSR count). The van der Waals surface area contributed by atoms with Gasteiger partial charge in [0, 0.05) is 18.9 Å². The molecule has 0 radical (unpaired) electrons. The Balaban J connectivity index is 2.57. The first-order valence-corrected chi connectivity index (χ1v) is 11.0. The third-order valence-corrected chi connectivity index (χ3v) is 6.27. The molecule has 0 unspecified atom stereocenters. The molecule has 1 aliphatic rings. The first-order valence-electron chi connectivity index (χ1n) is 11.0. The van der Waals surface area contributed by atoms with Crippen LogP contribution in [0.2, 0.25) is 0 Å². The predicted octanol–water partition coefficient (Wildman–Crippen LogP) is 5.34. The summed E-state index contributed by atoms with van der Waals surface area (Å²) in [5.41, 5.74) is 2.63. The summed E-state index contributed by atoms with van der Waals surface area (Å²) in [6.07, 6.45) is 9.51. The van der Waals surface area contributed by atoms with E-state index in [0.717, 1.165) is 32.1 Å². The normalized spacial score (nSPS) is 23.8. The molecule has 0 spiro atoms. The molecule has 1 aliphatic carbocycles. The van der Waals surface area contributed by atoms with Crippen LogP contribution in [0.4, 0.5) is 0 Å². The van der Waals surface area contributed by atoms with E-state index in [0.29, 0.717) is 6.42 Å². The van der Waals surface area contributed by atoms with Crippen molar-refractivity contribution in [1.29, 1.82) is 0 Å². The number of hydrogen-bond donors (Lipinski definition) is 1. The van der Waals surface area contributed by atoms with Gasteiger partial charge in [-0.3, -0.25) is 4.79 Å². The number of aliphatic hydroxyl groups is 1. The molecule has 30 heavy (non-hydrogen) atoms. The van der Waals surface area contributed by atoms with Gasteiger partial charge in [0.1, 0.15) is 6.10 Å². The van der Waals surface area contributed by atoms with Gasteiger partial charge in [-0.1, -0.05) is 30.2 Å². The molecule has 172 valence electrons. The van der Waals surface area contributed by atoms with Crippen LogP contribution in [-0.2, 0) is 19.0 Å². The van der Waals surface area contributed by atoms with E-state index < -0.39 is 6.10 Å². The van der Waals surface area contributed by atoms with Crippen LogP contribution in [-0.4, -0.2) is 43.9 Å². The summed E-state index contributed by atoms with van der Waals surface area (Å²) in [7, 11) is 4.66. The Labute approximate surface area is 183 Å². The number of rotatable bonds is 12. The van der Waals surface area contributed by atoms with Gasteiger partial charge < -0.3 is 19.3 Å². The number of Topliss-reactive ketones (excluding diaryl/α,β-unsaturated/α-hetero) is 1. The number of hydrogen-bond acceptors (Lipinski definition) is 5. The average molecular weight is 423 g/mol. The fourth-order valence-corrected chi connectivity index (χ4v) is 3.86. The summed E-state index contributed by atoms with van der Waals surface area (Å²) >= 11 is 0. The second-order valence-electron chi connectivity index (χ2n) is 9.06. The van der Waals surface area contributed by atoms with Crippen LogP contribution >= 0.6 is 0 Å². The van der Waals surface area contributed by atoms with E-state index in [-0.39, 0.29) is 34.7 Å².